The molecule has 0 fully saturated rings. The summed E-state index contributed by atoms with van der Waals surface area (Å²) in [5.41, 5.74) is 3.25. The van der Waals surface area contributed by atoms with Crippen LogP contribution in [0.4, 0.5) is 52.7 Å². The number of nitrogens with one attached hydrogen (secondary N) is 1. The minimum absolute atomic E-state index is 0.335. The molecular formula is C8H4F12N2O3. The summed E-state index contributed by atoms with van der Waals surface area (Å²) in [6.07, 6.45) is 0. The summed E-state index contributed by atoms with van der Waals surface area (Å²) in [5.74, 6) is -52.8. The van der Waals surface area contributed by atoms with Crippen LogP contribution in [0, 0.1) is 0 Å². The average molecular weight is 404 g/mol. The number of halogens is 12. The Kier molecular flexibility index (Phi) is 5.35. The highest BCUT2D eigenvalue weighted by Gasteiger charge is 2.91. The molecule has 0 unspecified atom stereocenters. The quantitative estimate of drug-likeness (QED) is 0.343. The molecule has 25 heavy (non-hydrogen) atoms. The number of amides is 2. The molecule has 0 radical (unpaired) electrons. The fraction of sp³-hybridized carbons (Fsp3) is 0.750. The lowest BCUT2D eigenvalue weighted by Gasteiger charge is -2.39. The fourth-order valence-electron chi connectivity index (χ4n) is 1.16. The van der Waals surface area contributed by atoms with Gasteiger partial charge in [0.2, 0.25) is 0 Å². The van der Waals surface area contributed by atoms with Crippen LogP contribution in [0.3, 0.4) is 0 Å². The summed E-state index contributed by atoms with van der Waals surface area (Å²) in [6.45, 7) is 0. The summed E-state index contributed by atoms with van der Waals surface area (Å²) in [6, 6.07) is 0. The maximum absolute atomic E-state index is 13.1. The zero-order valence-corrected chi connectivity index (χ0v) is 10.9. The third kappa shape index (κ3) is 2.73. The van der Waals surface area contributed by atoms with E-state index in [1.54, 1.807) is 0 Å². The maximum Gasteiger partial charge on any atom is 0.394 e. The molecule has 0 saturated heterocycles. The van der Waals surface area contributed by atoms with Crippen LogP contribution < -0.4 is 11.2 Å². The molecule has 148 valence electrons. The van der Waals surface area contributed by atoms with E-state index >= 15 is 0 Å². The van der Waals surface area contributed by atoms with E-state index in [4.69, 9.17) is 5.21 Å². The van der Waals surface area contributed by atoms with Crippen molar-refractivity contribution in [2.45, 2.75) is 35.5 Å². The number of carbonyl (C=O) groups is 2. The van der Waals surface area contributed by atoms with Gasteiger partial charge in [0.25, 0.3) is 5.91 Å². The Morgan fingerprint density at radius 1 is 0.640 bits per heavy atom. The molecule has 0 aliphatic heterocycles. The minimum Gasteiger partial charge on any atom is -0.364 e. The molecule has 0 saturated carbocycles. The number of alkyl halides is 12. The van der Waals surface area contributed by atoms with Crippen molar-refractivity contribution in [3.8, 4) is 0 Å². The minimum atomic E-state index is -8.04. The highest BCUT2D eigenvalue weighted by Crippen LogP contribution is 2.59. The number of carbonyl (C=O) groups excluding carboxylic acids is 2. The molecule has 0 heterocycles. The van der Waals surface area contributed by atoms with Crippen LogP contribution in [-0.4, -0.2) is 52.6 Å². The van der Waals surface area contributed by atoms with Crippen molar-refractivity contribution >= 4 is 11.8 Å². The van der Waals surface area contributed by atoms with E-state index < -0.39 is 47.3 Å². The summed E-state index contributed by atoms with van der Waals surface area (Å²) in [5, 5.41) is 7.69. The summed E-state index contributed by atoms with van der Waals surface area (Å²) in [4.78, 5) is 20.3. The van der Waals surface area contributed by atoms with E-state index in [-0.39, 0.29) is 5.48 Å². The van der Waals surface area contributed by atoms with Gasteiger partial charge in [0.15, 0.2) is 0 Å². The molecule has 0 bridgehead atoms. The van der Waals surface area contributed by atoms with Crippen molar-refractivity contribution in [3.63, 3.8) is 0 Å². The van der Waals surface area contributed by atoms with Crippen molar-refractivity contribution < 1.29 is 67.5 Å². The van der Waals surface area contributed by atoms with E-state index in [9.17, 15) is 62.3 Å². The van der Waals surface area contributed by atoms with Crippen LogP contribution in [0.25, 0.3) is 0 Å². The Bertz CT molecular complexity index is 561. The van der Waals surface area contributed by atoms with E-state index in [1.807, 2.05) is 0 Å². The lowest BCUT2D eigenvalue weighted by molar-refractivity contribution is -0.415. The van der Waals surface area contributed by atoms with Gasteiger partial charge in [-0.2, -0.15) is 52.7 Å². The molecule has 0 aromatic heterocycles. The molecule has 0 aliphatic rings. The second kappa shape index (κ2) is 5.80. The first kappa shape index (κ1) is 23.1. The van der Waals surface area contributed by atoms with Gasteiger partial charge in [-0.25, -0.2) is 5.48 Å². The van der Waals surface area contributed by atoms with Crippen molar-refractivity contribution in [2.24, 2.45) is 5.73 Å². The number of hydrogen-bond donors (Lipinski definition) is 3. The van der Waals surface area contributed by atoms with Crippen LogP contribution in [-0.2, 0) is 9.59 Å². The van der Waals surface area contributed by atoms with E-state index in [1.165, 1.54) is 0 Å². The molecule has 0 aliphatic carbocycles. The van der Waals surface area contributed by atoms with E-state index in [0.717, 1.165) is 0 Å². The van der Waals surface area contributed by atoms with Gasteiger partial charge in [-0.05, 0) is 0 Å². The number of nitrogens with two attached hydrogens (primary N) is 1. The number of rotatable bonds is 7. The van der Waals surface area contributed by atoms with E-state index in [0.29, 0.717) is 0 Å². The van der Waals surface area contributed by atoms with Gasteiger partial charge < -0.3 is 5.73 Å². The summed E-state index contributed by atoms with van der Waals surface area (Å²) < 4.78 is 155. The summed E-state index contributed by atoms with van der Waals surface area (Å²) >= 11 is 0. The Balaban J connectivity index is 6.49. The Morgan fingerprint density at radius 2 is 0.920 bits per heavy atom. The number of primary amides is 1. The van der Waals surface area contributed by atoms with Gasteiger partial charge in [0.1, 0.15) is 0 Å². The topological polar surface area (TPSA) is 92.4 Å². The average Bonchev–Trinajstić information content (AvgIpc) is 2.44. The summed E-state index contributed by atoms with van der Waals surface area (Å²) in [7, 11) is 0. The van der Waals surface area contributed by atoms with Gasteiger partial charge in [0.05, 0.1) is 0 Å². The van der Waals surface area contributed by atoms with Crippen LogP contribution in [0.5, 0.6) is 0 Å². The van der Waals surface area contributed by atoms with Crippen LogP contribution >= 0.6 is 0 Å². The predicted molar refractivity (Wildman–Crippen MR) is 48.8 cm³/mol. The van der Waals surface area contributed by atoms with Gasteiger partial charge in [-0.3, -0.25) is 14.8 Å². The lowest BCUT2D eigenvalue weighted by atomic mass is 9.91. The zero-order chi connectivity index (χ0) is 20.9. The zero-order valence-electron chi connectivity index (χ0n) is 10.9. The first-order valence-electron chi connectivity index (χ1n) is 5.19. The highest BCUT2D eigenvalue weighted by atomic mass is 19.4. The van der Waals surface area contributed by atoms with Gasteiger partial charge in [-0.1, -0.05) is 0 Å². The van der Waals surface area contributed by atoms with Crippen molar-refractivity contribution in [1.29, 1.82) is 0 Å². The van der Waals surface area contributed by atoms with Crippen molar-refractivity contribution in [3.05, 3.63) is 0 Å². The van der Waals surface area contributed by atoms with Crippen LogP contribution in [0.15, 0.2) is 0 Å². The first-order chi connectivity index (χ1) is 10.7. The predicted octanol–water partition coefficient (Wildman–Crippen LogP) is 1.79. The Morgan fingerprint density at radius 3 is 1.16 bits per heavy atom. The molecular weight excluding hydrogens is 400 g/mol. The smallest absolute Gasteiger partial charge is 0.364 e. The molecule has 0 rings (SSSR count). The molecule has 0 spiro atoms. The fourth-order valence-corrected chi connectivity index (χ4v) is 1.16. The number of hydroxylamine groups is 1. The largest absolute Gasteiger partial charge is 0.394 e. The first-order valence-corrected chi connectivity index (χ1v) is 5.19. The molecule has 0 aromatic rings. The highest BCUT2D eigenvalue weighted by molar-refractivity contribution is 5.84. The normalized spacial score (nSPS) is 15.1. The van der Waals surface area contributed by atoms with Crippen molar-refractivity contribution in [1.82, 2.24) is 5.48 Å². The maximum atomic E-state index is 13.1. The van der Waals surface area contributed by atoms with Gasteiger partial charge >= 0.3 is 41.4 Å². The van der Waals surface area contributed by atoms with Gasteiger partial charge in [-0.15, -0.1) is 0 Å². The van der Waals surface area contributed by atoms with Crippen LogP contribution in [0.1, 0.15) is 0 Å². The molecule has 4 N–H and O–H groups in total. The van der Waals surface area contributed by atoms with Crippen molar-refractivity contribution in [2.75, 3.05) is 0 Å². The second-order valence-electron chi connectivity index (χ2n) is 4.25. The standard InChI is InChI=1S/C8H4F12N2O3/c9-3(10,1(21)23)5(13,14)7(17,18)8(19,20)6(15,16)4(11,12)2(24)22-25/h25H,(H2,21,23)(H,22,24). The Labute approximate surface area is 127 Å². The molecule has 0 atom stereocenters. The SMILES string of the molecule is NC(=O)C(F)(F)C(F)(F)C(F)(F)C(F)(F)C(F)(F)C(F)(F)C(=O)NO. The van der Waals surface area contributed by atoms with E-state index in [2.05, 4.69) is 5.73 Å². The third-order valence-electron chi connectivity index (χ3n) is 2.67. The van der Waals surface area contributed by atoms with Crippen LogP contribution in [0.2, 0.25) is 0 Å². The van der Waals surface area contributed by atoms with Gasteiger partial charge in [0, 0.05) is 0 Å². The molecule has 5 nitrogen and oxygen atoms in total. The second-order valence-corrected chi connectivity index (χ2v) is 4.25. The third-order valence-corrected chi connectivity index (χ3v) is 2.67. The number of hydrogen-bond acceptors (Lipinski definition) is 3. The molecule has 17 heteroatoms. The molecule has 2 amide bonds. The molecule has 0 aromatic carbocycles. The lowest BCUT2D eigenvalue weighted by Crippen LogP contribution is -2.73. The Hall–Kier alpha value is -1.94. The monoisotopic (exact) mass is 404 g/mol.